The van der Waals surface area contributed by atoms with E-state index in [4.69, 9.17) is 0 Å². The van der Waals surface area contributed by atoms with Crippen LogP contribution in [0, 0.1) is 5.82 Å². The summed E-state index contributed by atoms with van der Waals surface area (Å²) in [5.74, 6) is -0.785. The smallest absolute Gasteiger partial charge is 0.351 e. The molecular formula is C42H43F4N7O4S. The number of aryl methyl sites for hydroxylation is 1. The fraction of sp³-hybridized carbons (Fsp3) is 0.381. The normalized spacial score (nSPS) is 19.4. The Labute approximate surface area is 333 Å². The number of rotatable bonds is 9. The van der Waals surface area contributed by atoms with Gasteiger partial charge in [-0.2, -0.15) is 17.5 Å². The number of benzene rings is 3. The highest BCUT2D eigenvalue weighted by Crippen LogP contribution is 2.37. The molecule has 0 saturated carbocycles. The number of halogens is 4. The van der Waals surface area contributed by atoms with Gasteiger partial charge in [0.25, 0.3) is 0 Å². The molecule has 1 atom stereocenters. The maximum absolute atomic E-state index is 15.6. The first kappa shape index (κ1) is 39.6. The molecule has 1 unspecified atom stereocenters. The van der Waals surface area contributed by atoms with E-state index in [9.17, 15) is 31.2 Å². The highest BCUT2D eigenvalue weighted by Gasteiger charge is 2.33. The third kappa shape index (κ3) is 8.22. The fourth-order valence-corrected chi connectivity index (χ4v) is 9.95. The van der Waals surface area contributed by atoms with E-state index >= 15 is 4.39 Å². The molecule has 3 aliphatic rings. The SMILES string of the molecule is Cn1cc(C2CCC(=O)NC2=O)c2ccc(C3CCN(Cc4ccc(-c5cccc(S(=O)(=O)N6CCC(Nc7ncc(C(F)(F)F)cn7)CC6)c5)cc4F)CC3)cc21. The molecule has 304 valence electrons. The molecule has 0 spiro atoms. The van der Waals surface area contributed by atoms with Crippen molar-refractivity contribution >= 4 is 38.7 Å². The number of amides is 2. The Bertz CT molecular complexity index is 2460. The van der Waals surface area contributed by atoms with Crippen molar-refractivity contribution in [1.82, 2.24) is 29.1 Å². The molecule has 0 aliphatic carbocycles. The Hall–Kier alpha value is -5.19. The van der Waals surface area contributed by atoms with Crippen molar-refractivity contribution in [3.63, 3.8) is 0 Å². The van der Waals surface area contributed by atoms with Crippen LogP contribution in [-0.2, 0) is 39.4 Å². The predicted octanol–water partition coefficient (Wildman–Crippen LogP) is 6.96. The van der Waals surface area contributed by atoms with E-state index < -0.39 is 21.8 Å². The van der Waals surface area contributed by atoms with Crippen LogP contribution in [0.4, 0.5) is 23.5 Å². The largest absolute Gasteiger partial charge is 0.419 e. The zero-order chi connectivity index (χ0) is 40.8. The fourth-order valence-electron chi connectivity index (χ4n) is 8.43. The first-order valence-electron chi connectivity index (χ1n) is 19.4. The van der Waals surface area contributed by atoms with Crippen molar-refractivity contribution in [2.24, 2.45) is 7.05 Å². The number of carbonyl (C=O) groups excluding carboxylic acids is 2. The molecular weight excluding hydrogens is 775 g/mol. The van der Waals surface area contributed by atoms with E-state index in [1.807, 2.05) is 23.9 Å². The molecule has 3 aromatic carbocycles. The second-order valence-electron chi connectivity index (χ2n) is 15.5. The number of hydrogen-bond acceptors (Lipinski definition) is 8. The number of sulfonamides is 1. The summed E-state index contributed by atoms with van der Waals surface area (Å²) in [4.78, 5) is 34.1. The third-order valence-corrected chi connectivity index (χ3v) is 13.6. The molecule has 5 heterocycles. The Morgan fingerprint density at radius 2 is 1.60 bits per heavy atom. The van der Waals surface area contributed by atoms with Crippen LogP contribution in [0.3, 0.4) is 0 Å². The van der Waals surface area contributed by atoms with Gasteiger partial charge in [-0.1, -0.05) is 36.4 Å². The van der Waals surface area contributed by atoms with Crippen molar-refractivity contribution < 1.29 is 35.6 Å². The number of nitrogens with one attached hydrogen (secondary N) is 2. The number of piperidine rings is 3. The molecule has 8 rings (SSSR count). The molecule has 5 aromatic rings. The summed E-state index contributed by atoms with van der Waals surface area (Å²) in [5.41, 5.74) is 3.98. The minimum Gasteiger partial charge on any atom is -0.351 e. The molecule has 3 aliphatic heterocycles. The summed E-state index contributed by atoms with van der Waals surface area (Å²) in [6.45, 7) is 2.44. The molecule has 16 heteroatoms. The number of hydrogen-bond donors (Lipinski definition) is 2. The van der Waals surface area contributed by atoms with Gasteiger partial charge in [0.2, 0.25) is 27.8 Å². The molecule has 58 heavy (non-hydrogen) atoms. The van der Waals surface area contributed by atoms with Gasteiger partial charge < -0.3 is 9.88 Å². The number of nitrogens with zero attached hydrogens (tertiary/aromatic N) is 5. The Balaban J connectivity index is 0.861. The van der Waals surface area contributed by atoms with Crippen LogP contribution < -0.4 is 10.6 Å². The predicted molar refractivity (Wildman–Crippen MR) is 210 cm³/mol. The Morgan fingerprint density at radius 3 is 2.29 bits per heavy atom. The van der Waals surface area contributed by atoms with Gasteiger partial charge in [0.15, 0.2) is 0 Å². The molecule has 11 nitrogen and oxygen atoms in total. The van der Waals surface area contributed by atoms with Crippen LogP contribution in [0.5, 0.6) is 0 Å². The molecule has 2 N–H and O–H groups in total. The van der Waals surface area contributed by atoms with Gasteiger partial charge in [0.05, 0.1) is 16.4 Å². The van der Waals surface area contributed by atoms with E-state index in [1.165, 1.54) is 22.0 Å². The second kappa shape index (κ2) is 15.9. The zero-order valence-electron chi connectivity index (χ0n) is 31.8. The lowest BCUT2D eigenvalue weighted by atomic mass is 9.87. The number of alkyl halides is 3. The van der Waals surface area contributed by atoms with E-state index in [0.717, 1.165) is 42.4 Å². The van der Waals surface area contributed by atoms with Gasteiger partial charge in [-0.15, -0.1) is 0 Å². The Kier molecular flexibility index (Phi) is 10.8. The first-order chi connectivity index (χ1) is 27.7. The number of carbonyl (C=O) groups is 2. The van der Waals surface area contributed by atoms with Crippen LogP contribution in [-0.4, -0.2) is 76.2 Å². The van der Waals surface area contributed by atoms with Crippen molar-refractivity contribution in [3.8, 4) is 11.1 Å². The zero-order valence-corrected chi connectivity index (χ0v) is 32.6. The molecule has 0 radical (unpaired) electrons. The maximum Gasteiger partial charge on any atom is 0.419 e. The molecule has 3 fully saturated rings. The average Bonchev–Trinajstić information content (AvgIpc) is 3.54. The molecule has 2 aromatic heterocycles. The van der Waals surface area contributed by atoms with Crippen molar-refractivity contribution in [2.75, 3.05) is 31.5 Å². The average molecular weight is 818 g/mol. The first-order valence-corrected chi connectivity index (χ1v) is 20.9. The lowest BCUT2D eigenvalue weighted by molar-refractivity contribution is -0.138. The minimum absolute atomic E-state index is 0.0486. The number of likely N-dealkylation sites (tertiary alicyclic amines) is 1. The number of fused-ring (bicyclic) bond motifs is 1. The number of aromatic nitrogens is 3. The lowest BCUT2D eigenvalue weighted by Gasteiger charge is -2.32. The number of imide groups is 1. The highest BCUT2D eigenvalue weighted by molar-refractivity contribution is 7.89. The maximum atomic E-state index is 15.6. The van der Waals surface area contributed by atoms with Crippen molar-refractivity contribution in [3.05, 3.63) is 107 Å². The quantitative estimate of drug-likeness (QED) is 0.121. The van der Waals surface area contributed by atoms with Crippen LogP contribution in [0.25, 0.3) is 22.0 Å². The summed E-state index contributed by atoms with van der Waals surface area (Å²) in [6, 6.07) is 17.7. The topological polar surface area (TPSA) is 130 Å². The van der Waals surface area contributed by atoms with Crippen molar-refractivity contribution in [1.29, 1.82) is 0 Å². The Morgan fingerprint density at radius 1 is 0.879 bits per heavy atom. The highest BCUT2D eigenvalue weighted by atomic mass is 32.2. The van der Waals surface area contributed by atoms with Gasteiger partial charge in [-0.05, 0) is 97.6 Å². The second-order valence-corrected chi connectivity index (χ2v) is 17.4. The van der Waals surface area contributed by atoms with E-state index in [0.29, 0.717) is 67.2 Å². The van der Waals surface area contributed by atoms with Gasteiger partial charge in [0, 0.05) is 74.2 Å². The number of anilines is 1. The minimum atomic E-state index is -4.54. The van der Waals surface area contributed by atoms with E-state index in [1.54, 1.807) is 24.3 Å². The summed E-state index contributed by atoms with van der Waals surface area (Å²) in [6.07, 6.45) is 2.37. The molecule has 0 bridgehead atoms. The summed E-state index contributed by atoms with van der Waals surface area (Å²) in [7, 11) is -1.90. The summed E-state index contributed by atoms with van der Waals surface area (Å²) in [5, 5.41) is 6.49. The summed E-state index contributed by atoms with van der Waals surface area (Å²) < 4.78 is 84.9. The van der Waals surface area contributed by atoms with E-state index in [2.05, 4.69) is 43.7 Å². The van der Waals surface area contributed by atoms with Gasteiger partial charge >= 0.3 is 6.18 Å². The van der Waals surface area contributed by atoms with Crippen LogP contribution in [0.1, 0.15) is 72.6 Å². The lowest BCUT2D eigenvalue weighted by Crippen LogP contribution is -2.42. The summed E-state index contributed by atoms with van der Waals surface area (Å²) >= 11 is 0. The molecule has 2 amide bonds. The van der Waals surface area contributed by atoms with Crippen molar-refractivity contribution in [2.45, 2.75) is 74.0 Å². The third-order valence-electron chi connectivity index (χ3n) is 11.7. The van der Waals surface area contributed by atoms with Gasteiger partial charge in [0.1, 0.15) is 5.82 Å². The molecule has 3 saturated heterocycles. The van der Waals surface area contributed by atoms with Gasteiger partial charge in [-0.3, -0.25) is 19.8 Å². The standard InChI is InChI=1S/C42H43F4N7O4S/c1-51-25-36(35-9-10-39(54)50-40(35)55)34-8-7-29(21-38(34)51)26-11-15-52(16-12-26)24-30-6-5-28(20-37(30)43)27-3-2-4-33(19-27)58(56,57)53-17-13-32(14-18-53)49-41-47-22-31(23-48-41)42(44,45)46/h2-8,19-23,25-26,32,35H,9-18,24H2,1H3,(H,47,48,49)(H,50,54,55). The van der Waals surface area contributed by atoms with E-state index in [-0.39, 0.29) is 53.5 Å². The monoisotopic (exact) mass is 817 g/mol. The van der Waals surface area contributed by atoms with Crippen LogP contribution in [0.2, 0.25) is 0 Å². The van der Waals surface area contributed by atoms with Gasteiger partial charge in [-0.25, -0.2) is 22.8 Å². The van der Waals surface area contributed by atoms with Crippen LogP contribution in [0.15, 0.2) is 84.1 Å². The van der Waals surface area contributed by atoms with Crippen LogP contribution >= 0.6 is 0 Å².